The molecular formula is C20H22N4OS2. The molecule has 3 aromatic heterocycles. The molecule has 3 heterocycles. The Balaban J connectivity index is 1.61. The van der Waals surface area contributed by atoms with Gasteiger partial charge in [0.1, 0.15) is 0 Å². The number of para-hydroxylation sites is 2. The average molecular weight is 399 g/mol. The Hall–Kier alpha value is -2.12. The first-order valence-corrected chi connectivity index (χ1v) is 11.1. The Morgan fingerprint density at radius 1 is 1.19 bits per heavy atom. The van der Waals surface area contributed by atoms with Gasteiger partial charge in [0.25, 0.3) is 5.56 Å². The Morgan fingerprint density at radius 2 is 2.04 bits per heavy atom. The highest BCUT2D eigenvalue weighted by Crippen LogP contribution is 2.27. The fraction of sp³-hybridized carbons (Fsp3) is 0.350. The van der Waals surface area contributed by atoms with Crippen molar-refractivity contribution in [2.75, 3.05) is 0 Å². The molecule has 140 valence electrons. The van der Waals surface area contributed by atoms with Gasteiger partial charge in [0.05, 0.1) is 16.7 Å². The van der Waals surface area contributed by atoms with Crippen LogP contribution in [0.25, 0.3) is 16.0 Å². The lowest BCUT2D eigenvalue weighted by molar-refractivity contribution is 0.579. The Morgan fingerprint density at radius 3 is 2.89 bits per heavy atom. The van der Waals surface area contributed by atoms with Gasteiger partial charge in [-0.15, -0.1) is 11.3 Å². The first kappa shape index (κ1) is 18.3. The van der Waals surface area contributed by atoms with Crippen molar-refractivity contribution in [2.45, 2.75) is 50.6 Å². The third-order valence-corrected chi connectivity index (χ3v) is 6.54. The van der Waals surface area contributed by atoms with Gasteiger partial charge in [-0.25, -0.2) is 9.97 Å². The van der Waals surface area contributed by atoms with Crippen molar-refractivity contribution >= 4 is 39.1 Å². The largest absolute Gasteiger partial charge is 0.319 e. The lowest BCUT2D eigenvalue weighted by Crippen LogP contribution is -2.14. The minimum atomic E-state index is -0.00852. The normalized spacial score (nSPS) is 11.6. The summed E-state index contributed by atoms with van der Waals surface area (Å²) in [6.07, 6.45) is 3.55. The quantitative estimate of drug-likeness (QED) is 0.328. The molecule has 5 nitrogen and oxygen atoms in total. The van der Waals surface area contributed by atoms with Gasteiger partial charge < -0.3 is 4.57 Å². The van der Waals surface area contributed by atoms with Crippen LogP contribution >= 0.6 is 23.1 Å². The van der Waals surface area contributed by atoms with Crippen LogP contribution in [0.1, 0.15) is 37.6 Å². The first-order valence-electron chi connectivity index (χ1n) is 9.22. The third kappa shape index (κ3) is 3.66. The van der Waals surface area contributed by atoms with Crippen LogP contribution in [0.15, 0.2) is 45.7 Å². The average Bonchev–Trinajstić information content (AvgIpc) is 3.21. The van der Waals surface area contributed by atoms with Crippen LogP contribution < -0.4 is 5.56 Å². The maximum atomic E-state index is 12.4. The van der Waals surface area contributed by atoms with E-state index in [2.05, 4.69) is 34.7 Å². The summed E-state index contributed by atoms with van der Waals surface area (Å²) in [5.41, 5.74) is 3.93. The van der Waals surface area contributed by atoms with Gasteiger partial charge in [0, 0.05) is 29.4 Å². The maximum Gasteiger partial charge on any atom is 0.258 e. The summed E-state index contributed by atoms with van der Waals surface area (Å²) in [5, 5.41) is 2.96. The zero-order chi connectivity index (χ0) is 18.8. The minimum Gasteiger partial charge on any atom is -0.319 e. The van der Waals surface area contributed by atoms with Crippen LogP contribution in [-0.4, -0.2) is 18.9 Å². The molecule has 4 aromatic rings. The van der Waals surface area contributed by atoms with Crippen molar-refractivity contribution < 1.29 is 0 Å². The molecule has 0 aliphatic carbocycles. The third-order valence-electron chi connectivity index (χ3n) is 4.58. The highest BCUT2D eigenvalue weighted by molar-refractivity contribution is 7.98. The molecule has 0 unspecified atom stereocenters. The predicted molar refractivity (Wildman–Crippen MR) is 113 cm³/mol. The molecule has 0 aliphatic rings. The molecule has 0 saturated heterocycles. The summed E-state index contributed by atoms with van der Waals surface area (Å²) in [6, 6.07) is 9.91. The summed E-state index contributed by atoms with van der Waals surface area (Å²) in [4.78, 5) is 22.6. The summed E-state index contributed by atoms with van der Waals surface area (Å²) in [7, 11) is 0. The molecule has 0 atom stereocenters. The zero-order valence-corrected chi connectivity index (χ0v) is 17.1. The predicted octanol–water partition coefficient (Wildman–Crippen LogP) is 4.90. The number of hydrogen-bond donors (Lipinski definition) is 0. The lowest BCUT2D eigenvalue weighted by Gasteiger charge is -2.08. The van der Waals surface area contributed by atoms with Gasteiger partial charge in [-0.2, -0.15) is 0 Å². The maximum absolute atomic E-state index is 12.4. The first-order chi connectivity index (χ1) is 13.2. The summed E-state index contributed by atoms with van der Waals surface area (Å²) >= 11 is 3.16. The fourth-order valence-corrected chi connectivity index (χ4v) is 5.04. The number of benzene rings is 1. The van der Waals surface area contributed by atoms with E-state index in [-0.39, 0.29) is 5.56 Å². The van der Waals surface area contributed by atoms with Gasteiger partial charge >= 0.3 is 0 Å². The summed E-state index contributed by atoms with van der Waals surface area (Å²) in [5.74, 6) is 0.639. The van der Waals surface area contributed by atoms with Crippen LogP contribution in [0.3, 0.4) is 0 Å². The van der Waals surface area contributed by atoms with E-state index < -0.39 is 0 Å². The van der Waals surface area contributed by atoms with E-state index in [0.717, 1.165) is 40.0 Å². The van der Waals surface area contributed by atoms with Crippen LogP contribution in [-0.2, 0) is 12.3 Å². The number of thiazole rings is 1. The van der Waals surface area contributed by atoms with Crippen LogP contribution in [0.2, 0.25) is 0 Å². The highest BCUT2D eigenvalue weighted by atomic mass is 32.2. The van der Waals surface area contributed by atoms with E-state index >= 15 is 0 Å². The molecule has 7 heteroatoms. The van der Waals surface area contributed by atoms with Crippen LogP contribution in [0.5, 0.6) is 0 Å². The van der Waals surface area contributed by atoms with Gasteiger partial charge in [0.15, 0.2) is 10.1 Å². The zero-order valence-electron chi connectivity index (χ0n) is 15.5. The second-order valence-electron chi connectivity index (χ2n) is 6.61. The number of aryl methyl sites for hydroxylation is 2. The van der Waals surface area contributed by atoms with Crippen molar-refractivity contribution in [3.8, 4) is 0 Å². The number of nitrogens with zero attached hydrogens (tertiary/aromatic N) is 4. The second kappa shape index (κ2) is 7.86. The number of hydrogen-bond acceptors (Lipinski definition) is 5. The molecule has 27 heavy (non-hydrogen) atoms. The van der Waals surface area contributed by atoms with Crippen molar-refractivity contribution in [1.29, 1.82) is 0 Å². The Bertz CT molecular complexity index is 1140. The molecule has 0 fully saturated rings. The van der Waals surface area contributed by atoms with Gasteiger partial charge in [0.2, 0.25) is 0 Å². The standard InChI is InChI=1S/C20H22N4OS2/c1-3-4-7-10-23-17-9-6-5-8-16(17)22-19(23)27-13-15-11-18(25)24-14(2)12-26-20(24)21-15/h5-6,8-9,11-12H,3-4,7,10,13H2,1-2H3. The van der Waals surface area contributed by atoms with Crippen LogP contribution in [0, 0.1) is 6.92 Å². The number of imidazole rings is 1. The van der Waals surface area contributed by atoms with Crippen molar-refractivity contribution in [2.24, 2.45) is 0 Å². The van der Waals surface area contributed by atoms with Crippen molar-refractivity contribution in [1.82, 2.24) is 18.9 Å². The summed E-state index contributed by atoms with van der Waals surface area (Å²) in [6.45, 7) is 5.11. The number of thioether (sulfide) groups is 1. The number of rotatable bonds is 7. The van der Waals surface area contributed by atoms with Crippen LogP contribution in [0.4, 0.5) is 0 Å². The number of aromatic nitrogens is 4. The smallest absolute Gasteiger partial charge is 0.258 e. The lowest BCUT2D eigenvalue weighted by atomic mass is 10.2. The SMILES string of the molecule is CCCCCn1c(SCc2cc(=O)n3c(C)csc3n2)nc2ccccc21. The monoisotopic (exact) mass is 398 g/mol. The van der Waals surface area contributed by atoms with Gasteiger partial charge in [-0.05, 0) is 25.5 Å². The van der Waals surface area contributed by atoms with E-state index in [1.54, 1.807) is 22.2 Å². The van der Waals surface area contributed by atoms with Crippen molar-refractivity contribution in [3.05, 3.63) is 57.5 Å². The topological polar surface area (TPSA) is 52.2 Å². The molecule has 0 radical (unpaired) electrons. The molecule has 0 N–H and O–H groups in total. The van der Waals surface area contributed by atoms with E-state index in [0.29, 0.717) is 5.75 Å². The molecule has 0 amide bonds. The minimum absolute atomic E-state index is 0.00852. The number of unbranched alkanes of at least 4 members (excludes halogenated alkanes) is 2. The molecule has 0 saturated carbocycles. The van der Waals surface area contributed by atoms with E-state index in [4.69, 9.17) is 4.98 Å². The molecule has 0 aliphatic heterocycles. The van der Waals surface area contributed by atoms with Crippen molar-refractivity contribution in [3.63, 3.8) is 0 Å². The molecule has 4 rings (SSSR count). The summed E-state index contributed by atoms with van der Waals surface area (Å²) < 4.78 is 3.97. The fourth-order valence-electron chi connectivity index (χ4n) is 3.21. The molecule has 0 spiro atoms. The second-order valence-corrected chi connectivity index (χ2v) is 8.39. The Kier molecular flexibility index (Phi) is 5.31. The molecule has 1 aromatic carbocycles. The van der Waals surface area contributed by atoms with E-state index in [9.17, 15) is 4.79 Å². The Labute approximate surface area is 166 Å². The number of fused-ring (bicyclic) bond motifs is 2. The van der Waals surface area contributed by atoms with E-state index in [1.165, 1.54) is 29.7 Å². The van der Waals surface area contributed by atoms with E-state index in [1.807, 2.05) is 18.4 Å². The highest BCUT2D eigenvalue weighted by Gasteiger charge is 2.12. The van der Waals surface area contributed by atoms with Gasteiger partial charge in [-0.1, -0.05) is 43.7 Å². The molecular weight excluding hydrogens is 376 g/mol. The molecule has 0 bridgehead atoms. The van der Waals surface area contributed by atoms with Gasteiger partial charge in [-0.3, -0.25) is 9.20 Å².